The number of rotatable bonds is 5. The number of amides is 1. The van der Waals surface area contributed by atoms with E-state index in [2.05, 4.69) is 5.32 Å². The zero-order valence-electron chi connectivity index (χ0n) is 10.7. The number of carboxylic acids is 1. The number of carbonyl (C=O) groups excluding carboxylic acids is 1. The van der Waals surface area contributed by atoms with Gasteiger partial charge in [-0.2, -0.15) is 0 Å². The van der Waals surface area contributed by atoms with E-state index in [1.165, 1.54) is 0 Å². The molecule has 0 radical (unpaired) electrons. The first kappa shape index (κ1) is 13.3. The van der Waals surface area contributed by atoms with Gasteiger partial charge in [0.2, 0.25) is 5.91 Å². The fourth-order valence-electron chi connectivity index (χ4n) is 3.13. The summed E-state index contributed by atoms with van der Waals surface area (Å²) >= 11 is 0. The molecule has 5 heteroatoms. The van der Waals surface area contributed by atoms with Gasteiger partial charge < -0.3 is 16.2 Å². The third kappa shape index (κ3) is 2.83. The van der Waals surface area contributed by atoms with Gasteiger partial charge in [-0.1, -0.05) is 12.8 Å². The van der Waals surface area contributed by atoms with Crippen molar-refractivity contribution in [3.8, 4) is 0 Å². The number of carbonyl (C=O) groups is 2. The van der Waals surface area contributed by atoms with Crippen LogP contribution in [0.5, 0.6) is 0 Å². The summed E-state index contributed by atoms with van der Waals surface area (Å²) in [6, 6.07) is -0.0261. The van der Waals surface area contributed by atoms with Crippen molar-refractivity contribution in [3.05, 3.63) is 0 Å². The third-order valence-electron chi connectivity index (χ3n) is 4.48. The summed E-state index contributed by atoms with van der Waals surface area (Å²) in [5, 5.41) is 11.8. The lowest BCUT2D eigenvalue weighted by Crippen LogP contribution is -2.47. The average Bonchev–Trinajstić information content (AvgIpc) is 2.67. The van der Waals surface area contributed by atoms with Crippen LogP contribution in [0.4, 0.5) is 0 Å². The zero-order chi connectivity index (χ0) is 13.2. The Labute approximate surface area is 107 Å². The molecule has 0 heterocycles. The largest absolute Gasteiger partial charge is 0.481 e. The summed E-state index contributed by atoms with van der Waals surface area (Å²) in [5.74, 6) is -0.842. The quantitative estimate of drug-likeness (QED) is 0.679. The normalized spacial score (nSPS) is 29.6. The van der Waals surface area contributed by atoms with Gasteiger partial charge in [0.1, 0.15) is 0 Å². The molecule has 0 spiro atoms. The molecule has 2 fully saturated rings. The second-order valence-corrected chi connectivity index (χ2v) is 5.84. The minimum atomic E-state index is -0.776. The predicted molar refractivity (Wildman–Crippen MR) is 66.9 cm³/mol. The van der Waals surface area contributed by atoms with Gasteiger partial charge in [-0.25, -0.2) is 0 Å². The predicted octanol–water partition coefficient (Wildman–Crippen LogP) is 0.875. The lowest BCUT2D eigenvalue weighted by Gasteiger charge is -2.41. The Bertz CT molecular complexity index is 339. The van der Waals surface area contributed by atoms with Gasteiger partial charge in [0.15, 0.2) is 0 Å². The third-order valence-corrected chi connectivity index (χ3v) is 4.48. The molecule has 0 aromatic heterocycles. The minimum absolute atomic E-state index is 0.0108. The highest BCUT2D eigenvalue weighted by Gasteiger charge is 2.40. The Balaban J connectivity index is 1.82. The van der Waals surface area contributed by atoms with Gasteiger partial charge in [-0.15, -0.1) is 0 Å². The molecular formula is C13H22N2O3. The van der Waals surface area contributed by atoms with Crippen LogP contribution in [0.25, 0.3) is 0 Å². The van der Waals surface area contributed by atoms with E-state index in [9.17, 15) is 9.59 Å². The van der Waals surface area contributed by atoms with Gasteiger partial charge in [0.25, 0.3) is 0 Å². The van der Waals surface area contributed by atoms with E-state index in [4.69, 9.17) is 10.8 Å². The fraction of sp³-hybridized carbons (Fsp3) is 0.846. The smallest absolute Gasteiger partial charge is 0.303 e. The van der Waals surface area contributed by atoms with Crippen molar-refractivity contribution in [1.82, 2.24) is 5.32 Å². The standard InChI is InChI=1S/C13H22N2O3/c14-10-4-1-3-9(10)12(18)15-8-13(5-2-6-13)7-11(16)17/h9-10H,1-8,14H2,(H,15,18)(H,16,17). The van der Waals surface area contributed by atoms with Crippen molar-refractivity contribution in [2.45, 2.75) is 51.0 Å². The second kappa shape index (κ2) is 5.26. The van der Waals surface area contributed by atoms with E-state index in [0.29, 0.717) is 6.54 Å². The molecule has 0 bridgehead atoms. The summed E-state index contributed by atoms with van der Waals surface area (Å²) in [7, 11) is 0. The molecule has 2 atom stereocenters. The Morgan fingerprint density at radius 3 is 2.44 bits per heavy atom. The highest BCUT2D eigenvalue weighted by Crippen LogP contribution is 2.43. The first-order valence-electron chi connectivity index (χ1n) is 6.78. The van der Waals surface area contributed by atoms with E-state index in [1.807, 2.05) is 0 Å². The number of hydrogen-bond donors (Lipinski definition) is 3. The zero-order valence-corrected chi connectivity index (χ0v) is 10.7. The summed E-state index contributed by atoms with van der Waals surface area (Å²) in [4.78, 5) is 22.8. The maximum Gasteiger partial charge on any atom is 0.303 e. The van der Waals surface area contributed by atoms with Crippen molar-refractivity contribution < 1.29 is 14.7 Å². The molecule has 0 aromatic rings. The van der Waals surface area contributed by atoms with Gasteiger partial charge in [-0.05, 0) is 31.1 Å². The van der Waals surface area contributed by atoms with Crippen LogP contribution in [0.3, 0.4) is 0 Å². The van der Waals surface area contributed by atoms with Gasteiger partial charge >= 0.3 is 5.97 Å². The molecule has 2 unspecified atom stereocenters. The molecule has 2 rings (SSSR count). The number of carboxylic acid groups (broad SMARTS) is 1. The molecule has 18 heavy (non-hydrogen) atoms. The van der Waals surface area contributed by atoms with E-state index < -0.39 is 5.97 Å². The highest BCUT2D eigenvalue weighted by molar-refractivity contribution is 5.79. The highest BCUT2D eigenvalue weighted by atomic mass is 16.4. The minimum Gasteiger partial charge on any atom is -0.481 e. The molecule has 2 saturated carbocycles. The number of nitrogens with one attached hydrogen (secondary N) is 1. The molecule has 0 aliphatic heterocycles. The Kier molecular flexibility index (Phi) is 3.90. The first-order chi connectivity index (χ1) is 8.52. The lowest BCUT2D eigenvalue weighted by molar-refractivity contribution is -0.142. The summed E-state index contributed by atoms with van der Waals surface area (Å²) in [5.41, 5.74) is 5.69. The fourth-order valence-corrected chi connectivity index (χ4v) is 3.13. The molecule has 1 amide bonds. The van der Waals surface area contributed by atoms with Crippen LogP contribution in [0.2, 0.25) is 0 Å². The van der Waals surface area contributed by atoms with Crippen molar-refractivity contribution in [1.29, 1.82) is 0 Å². The molecule has 0 aromatic carbocycles. The van der Waals surface area contributed by atoms with Crippen molar-refractivity contribution in [2.75, 3.05) is 6.54 Å². The summed E-state index contributed by atoms with van der Waals surface area (Å²) in [6.07, 6.45) is 5.81. The number of aliphatic carboxylic acids is 1. The number of nitrogens with two attached hydrogens (primary N) is 1. The molecular weight excluding hydrogens is 232 g/mol. The van der Waals surface area contributed by atoms with Crippen LogP contribution in [0.15, 0.2) is 0 Å². The van der Waals surface area contributed by atoms with Crippen molar-refractivity contribution >= 4 is 11.9 Å². The summed E-state index contributed by atoms with van der Waals surface area (Å²) in [6.45, 7) is 0.487. The summed E-state index contributed by atoms with van der Waals surface area (Å²) < 4.78 is 0. The SMILES string of the molecule is NC1CCCC1C(=O)NCC1(CC(=O)O)CCC1. The van der Waals surface area contributed by atoms with E-state index in [-0.39, 0.29) is 29.7 Å². The lowest BCUT2D eigenvalue weighted by atomic mass is 9.66. The van der Waals surface area contributed by atoms with Crippen LogP contribution in [0, 0.1) is 11.3 Å². The van der Waals surface area contributed by atoms with Crippen LogP contribution in [-0.4, -0.2) is 29.6 Å². The Morgan fingerprint density at radius 1 is 1.28 bits per heavy atom. The number of hydrogen-bond acceptors (Lipinski definition) is 3. The molecule has 4 N–H and O–H groups in total. The second-order valence-electron chi connectivity index (χ2n) is 5.84. The molecule has 2 aliphatic carbocycles. The Hall–Kier alpha value is -1.10. The average molecular weight is 254 g/mol. The molecule has 2 aliphatic rings. The van der Waals surface area contributed by atoms with Gasteiger partial charge in [0.05, 0.1) is 12.3 Å². The maximum atomic E-state index is 12.0. The van der Waals surface area contributed by atoms with E-state index in [1.54, 1.807) is 0 Å². The topological polar surface area (TPSA) is 92.4 Å². The molecule has 5 nitrogen and oxygen atoms in total. The monoisotopic (exact) mass is 254 g/mol. The molecule has 102 valence electrons. The Morgan fingerprint density at radius 2 is 2.00 bits per heavy atom. The van der Waals surface area contributed by atoms with E-state index >= 15 is 0 Å². The van der Waals surface area contributed by atoms with Gasteiger partial charge in [0, 0.05) is 12.6 Å². The van der Waals surface area contributed by atoms with Crippen LogP contribution in [-0.2, 0) is 9.59 Å². The van der Waals surface area contributed by atoms with Crippen LogP contribution in [0.1, 0.15) is 44.9 Å². The maximum absolute atomic E-state index is 12.0. The van der Waals surface area contributed by atoms with E-state index in [0.717, 1.165) is 38.5 Å². The van der Waals surface area contributed by atoms with Gasteiger partial charge in [-0.3, -0.25) is 9.59 Å². The molecule has 0 saturated heterocycles. The first-order valence-corrected chi connectivity index (χ1v) is 6.78. The van der Waals surface area contributed by atoms with Crippen molar-refractivity contribution in [2.24, 2.45) is 17.1 Å². The van der Waals surface area contributed by atoms with Crippen LogP contribution < -0.4 is 11.1 Å². The van der Waals surface area contributed by atoms with Crippen molar-refractivity contribution in [3.63, 3.8) is 0 Å². The van der Waals surface area contributed by atoms with Crippen LogP contribution >= 0.6 is 0 Å².